The van der Waals surface area contributed by atoms with E-state index < -0.39 is 0 Å². The van der Waals surface area contributed by atoms with Crippen LogP contribution in [0.15, 0.2) is 49.4 Å². The van der Waals surface area contributed by atoms with E-state index in [9.17, 15) is 0 Å². The van der Waals surface area contributed by atoms with Gasteiger partial charge >= 0.3 is 0 Å². The molecule has 0 saturated carbocycles. The highest BCUT2D eigenvalue weighted by atomic mass is 14.8. The Bertz CT molecular complexity index is 152. The molecule has 0 aromatic heterocycles. The highest BCUT2D eigenvalue weighted by Gasteiger charge is 1.60. The molecule has 0 saturated heterocycles. The molecule has 0 radical (unpaired) electrons. The second-order valence-corrected chi connectivity index (χ2v) is 1.65. The van der Waals surface area contributed by atoms with Crippen molar-refractivity contribution in [2.24, 2.45) is 0 Å². The van der Waals surface area contributed by atoms with Gasteiger partial charge in [0.15, 0.2) is 0 Å². The maximum Gasteiger partial charge on any atom is 0.000431 e. The van der Waals surface area contributed by atoms with Gasteiger partial charge in [0.2, 0.25) is 0 Å². The molecular formula is C11H19N. The van der Waals surface area contributed by atoms with Crippen LogP contribution in [-0.4, -0.2) is 0 Å². The molecular weight excluding hydrogens is 146 g/mol. The Morgan fingerprint density at radius 2 is 1.58 bits per heavy atom. The molecule has 1 heteroatoms. The highest BCUT2D eigenvalue weighted by molar-refractivity contribution is 5.03. The van der Waals surface area contributed by atoms with Crippen molar-refractivity contribution in [3.05, 3.63) is 49.4 Å². The molecule has 1 N–H and O–H groups in total. The van der Waals surface area contributed by atoms with E-state index in [1.165, 1.54) is 0 Å². The number of allylic oxidation sites excluding steroid dienone is 5. The predicted molar refractivity (Wildman–Crippen MR) is 57.8 cm³/mol. The summed E-state index contributed by atoms with van der Waals surface area (Å²) in [4.78, 5) is 0. The Morgan fingerprint density at radius 3 is 2.08 bits per heavy atom. The van der Waals surface area contributed by atoms with Crippen molar-refractivity contribution in [1.82, 2.24) is 5.32 Å². The fourth-order valence-electron chi connectivity index (χ4n) is 0.401. The molecule has 0 unspecified atom stereocenters. The second kappa shape index (κ2) is 16.4. The summed E-state index contributed by atoms with van der Waals surface area (Å²) in [7, 11) is 0. The lowest BCUT2D eigenvalue weighted by Gasteiger charge is -1.83. The van der Waals surface area contributed by atoms with Gasteiger partial charge in [0.1, 0.15) is 0 Å². The first-order valence-electron chi connectivity index (χ1n) is 4.23. The SMILES string of the molecule is C=C/C=C/N/C=C\C=C\C.CC. The summed E-state index contributed by atoms with van der Waals surface area (Å²) in [6.07, 6.45) is 13.1. The first-order chi connectivity index (χ1) is 5.91. The van der Waals surface area contributed by atoms with E-state index in [1.54, 1.807) is 6.08 Å². The molecule has 0 aliphatic carbocycles. The van der Waals surface area contributed by atoms with Crippen LogP contribution in [0, 0.1) is 0 Å². The summed E-state index contributed by atoms with van der Waals surface area (Å²) in [5, 5.41) is 2.94. The number of hydrogen-bond acceptors (Lipinski definition) is 1. The molecule has 12 heavy (non-hydrogen) atoms. The van der Waals surface area contributed by atoms with E-state index in [4.69, 9.17) is 0 Å². The van der Waals surface area contributed by atoms with Crippen LogP contribution in [0.1, 0.15) is 20.8 Å². The average molecular weight is 165 g/mol. The first-order valence-corrected chi connectivity index (χ1v) is 4.23. The van der Waals surface area contributed by atoms with Gasteiger partial charge in [0.05, 0.1) is 0 Å². The third-order valence-corrected chi connectivity index (χ3v) is 0.825. The Kier molecular flexibility index (Phi) is 18.2. The fourth-order valence-corrected chi connectivity index (χ4v) is 0.401. The van der Waals surface area contributed by atoms with Gasteiger partial charge in [0.25, 0.3) is 0 Å². The first kappa shape index (κ1) is 13.4. The summed E-state index contributed by atoms with van der Waals surface area (Å²) in [5.41, 5.74) is 0. The Balaban J connectivity index is 0. The Morgan fingerprint density at radius 1 is 1.00 bits per heavy atom. The molecule has 0 rings (SSSR count). The quantitative estimate of drug-likeness (QED) is 0.630. The minimum absolute atomic E-state index is 1.72. The highest BCUT2D eigenvalue weighted by Crippen LogP contribution is 1.73. The van der Waals surface area contributed by atoms with Crippen molar-refractivity contribution in [3.63, 3.8) is 0 Å². The summed E-state index contributed by atoms with van der Waals surface area (Å²) < 4.78 is 0. The molecule has 0 spiro atoms. The predicted octanol–water partition coefficient (Wildman–Crippen LogP) is 3.39. The van der Waals surface area contributed by atoms with Crippen LogP contribution in [-0.2, 0) is 0 Å². The van der Waals surface area contributed by atoms with Crippen molar-refractivity contribution in [2.45, 2.75) is 20.8 Å². The maximum atomic E-state index is 3.53. The minimum atomic E-state index is 1.72. The molecule has 0 atom stereocenters. The van der Waals surface area contributed by atoms with Crippen LogP contribution >= 0.6 is 0 Å². The zero-order valence-electron chi connectivity index (χ0n) is 8.25. The minimum Gasteiger partial charge on any atom is -0.368 e. The third kappa shape index (κ3) is 15.9. The molecule has 0 bridgehead atoms. The molecule has 0 aliphatic heterocycles. The molecule has 0 fully saturated rings. The molecule has 0 heterocycles. The van der Waals surface area contributed by atoms with E-state index in [1.807, 2.05) is 57.5 Å². The number of hydrogen-bond donors (Lipinski definition) is 1. The number of nitrogens with one attached hydrogen (secondary N) is 1. The van der Waals surface area contributed by atoms with Gasteiger partial charge in [0, 0.05) is 12.4 Å². The summed E-state index contributed by atoms with van der Waals surface area (Å²) in [5.74, 6) is 0. The average Bonchev–Trinajstić information content (AvgIpc) is 2.15. The van der Waals surface area contributed by atoms with E-state index >= 15 is 0 Å². The molecule has 0 aromatic rings. The number of rotatable bonds is 4. The van der Waals surface area contributed by atoms with Crippen molar-refractivity contribution in [1.29, 1.82) is 0 Å². The van der Waals surface area contributed by atoms with Crippen LogP contribution in [0.3, 0.4) is 0 Å². The zero-order valence-corrected chi connectivity index (χ0v) is 8.25. The zero-order chi connectivity index (χ0) is 9.66. The second-order valence-electron chi connectivity index (χ2n) is 1.65. The van der Waals surface area contributed by atoms with Gasteiger partial charge in [-0.3, -0.25) is 0 Å². The summed E-state index contributed by atoms with van der Waals surface area (Å²) in [6.45, 7) is 9.51. The van der Waals surface area contributed by atoms with Gasteiger partial charge in [-0.05, 0) is 19.1 Å². The largest absolute Gasteiger partial charge is 0.368 e. The maximum absolute atomic E-state index is 3.53. The van der Waals surface area contributed by atoms with E-state index in [0.717, 1.165) is 0 Å². The molecule has 0 aromatic carbocycles. The topological polar surface area (TPSA) is 12.0 Å². The van der Waals surface area contributed by atoms with Gasteiger partial charge in [-0.15, -0.1) is 0 Å². The standard InChI is InChI=1S/C9H13N.C2H6/c1-3-5-7-9-10-8-6-4-2;1-2/h3-10H,2H2,1H3;1-2H3/b5-3+,8-6+,9-7-;. The lowest BCUT2D eigenvalue weighted by Crippen LogP contribution is -1.88. The van der Waals surface area contributed by atoms with Crippen LogP contribution < -0.4 is 5.32 Å². The lowest BCUT2D eigenvalue weighted by molar-refractivity contribution is 1.20. The summed E-state index contributed by atoms with van der Waals surface area (Å²) in [6, 6.07) is 0. The van der Waals surface area contributed by atoms with Crippen molar-refractivity contribution < 1.29 is 0 Å². The van der Waals surface area contributed by atoms with Crippen LogP contribution in [0.25, 0.3) is 0 Å². The van der Waals surface area contributed by atoms with Crippen molar-refractivity contribution in [3.8, 4) is 0 Å². The van der Waals surface area contributed by atoms with Gasteiger partial charge in [-0.25, -0.2) is 0 Å². The molecule has 68 valence electrons. The normalized spacial score (nSPS) is 10.2. The molecule has 0 aliphatic rings. The third-order valence-electron chi connectivity index (χ3n) is 0.825. The van der Waals surface area contributed by atoms with Crippen molar-refractivity contribution in [2.75, 3.05) is 0 Å². The molecule has 1 nitrogen and oxygen atoms in total. The Labute approximate surface area is 76.2 Å². The molecule has 0 amide bonds. The van der Waals surface area contributed by atoms with Gasteiger partial charge in [-0.2, -0.15) is 0 Å². The van der Waals surface area contributed by atoms with E-state index in [-0.39, 0.29) is 0 Å². The van der Waals surface area contributed by atoms with Gasteiger partial charge in [-0.1, -0.05) is 38.7 Å². The van der Waals surface area contributed by atoms with E-state index in [2.05, 4.69) is 11.9 Å². The van der Waals surface area contributed by atoms with E-state index in [0.29, 0.717) is 0 Å². The fraction of sp³-hybridized carbons (Fsp3) is 0.273. The Hall–Kier alpha value is -1.24. The monoisotopic (exact) mass is 165 g/mol. The van der Waals surface area contributed by atoms with Crippen LogP contribution in [0.2, 0.25) is 0 Å². The van der Waals surface area contributed by atoms with Crippen molar-refractivity contribution >= 4 is 0 Å². The summed E-state index contributed by atoms with van der Waals surface area (Å²) >= 11 is 0. The van der Waals surface area contributed by atoms with Gasteiger partial charge < -0.3 is 5.32 Å². The van der Waals surface area contributed by atoms with Crippen LogP contribution in [0.4, 0.5) is 0 Å². The van der Waals surface area contributed by atoms with Crippen LogP contribution in [0.5, 0.6) is 0 Å². The lowest BCUT2D eigenvalue weighted by atomic mass is 10.5. The smallest absolute Gasteiger partial charge is 0.000431 e.